The first-order valence-electron chi connectivity index (χ1n) is 9.01. The third-order valence-corrected chi connectivity index (χ3v) is 5.19. The number of halogens is 5. The molecule has 1 aliphatic rings. The fourth-order valence-corrected chi connectivity index (χ4v) is 3.71. The van der Waals surface area contributed by atoms with E-state index in [0.717, 1.165) is 12.5 Å². The van der Waals surface area contributed by atoms with Gasteiger partial charge in [0.05, 0.1) is 0 Å². The van der Waals surface area contributed by atoms with Crippen LogP contribution < -0.4 is 5.32 Å². The second kappa shape index (κ2) is 6.42. The van der Waals surface area contributed by atoms with Crippen molar-refractivity contribution < 1.29 is 26.4 Å². The zero-order valence-corrected chi connectivity index (χ0v) is 15.1. The Bertz CT molecular complexity index is 1230. The van der Waals surface area contributed by atoms with Crippen LogP contribution in [0.4, 0.5) is 22.0 Å². The monoisotopic (exact) mass is 424 g/mol. The number of rotatable bonds is 3. The lowest BCUT2D eigenvalue weighted by atomic mass is 9.94. The van der Waals surface area contributed by atoms with Crippen molar-refractivity contribution in [1.82, 2.24) is 29.9 Å². The highest BCUT2D eigenvalue weighted by molar-refractivity contribution is 5.83. The maximum absolute atomic E-state index is 14.2. The number of alkyl halides is 5. The molecule has 0 radical (unpaired) electrons. The maximum Gasteiger partial charge on any atom is 0.459 e. The molecule has 0 amide bonds. The second-order valence-corrected chi connectivity index (χ2v) is 7.03. The summed E-state index contributed by atoms with van der Waals surface area (Å²) < 4.78 is 74.1. The molecule has 12 heteroatoms. The molecule has 1 fully saturated rings. The van der Waals surface area contributed by atoms with Crippen molar-refractivity contribution in [1.29, 1.82) is 0 Å². The Balaban J connectivity index is 1.80. The predicted octanol–water partition coefficient (Wildman–Crippen LogP) is 3.66. The van der Waals surface area contributed by atoms with Crippen molar-refractivity contribution in [2.24, 2.45) is 0 Å². The Labute approximate surface area is 164 Å². The van der Waals surface area contributed by atoms with E-state index < -0.39 is 17.8 Å². The minimum atomic E-state index is -5.77. The Kier molecular flexibility index (Phi) is 4.04. The van der Waals surface area contributed by atoms with Crippen molar-refractivity contribution in [2.75, 3.05) is 13.1 Å². The smallest absolute Gasteiger partial charge is 0.422 e. The Morgan fingerprint density at radius 1 is 1.13 bits per heavy atom. The van der Waals surface area contributed by atoms with Crippen molar-refractivity contribution >= 4 is 16.7 Å². The standard InChI is InChI=1S/C18H13F5N6O/c19-17(20,18(21,22)23)13-5-11(9-3-4-24-6-9)10-1-2-14-26-12(16-28-25-8-30-16)7-29(14)15(10)27-13/h1-2,5,7-9,24H,3-4,6H2. The summed E-state index contributed by atoms with van der Waals surface area (Å²) in [7, 11) is 0. The Hall–Kier alpha value is -3.15. The molecule has 5 heterocycles. The van der Waals surface area contributed by atoms with Crippen molar-refractivity contribution in [3.63, 3.8) is 0 Å². The van der Waals surface area contributed by atoms with E-state index in [1.807, 2.05) is 0 Å². The van der Waals surface area contributed by atoms with E-state index in [0.29, 0.717) is 36.1 Å². The first-order valence-corrected chi connectivity index (χ1v) is 9.01. The average Bonchev–Trinajstić information content (AvgIpc) is 3.47. The molecule has 1 N–H and O–H groups in total. The molecule has 1 unspecified atom stereocenters. The molecule has 4 aromatic heterocycles. The molecule has 0 saturated carbocycles. The third-order valence-electron chi connectivity index (χ3n) is 5.19. The molecule has 0 aliphatic carbocycles. The highest BCUT2D eigenvalue weighted by Crippen LogP contribution is 2.45. The van der Waals surface area contributed by atoms with Gasteiger partial charge in [-0.2, -0.15) is 22.0 Å². The number of hydrogen-bond acceptors (Lipinski definition) is 6. The van der Waals surface area contributed by atoms with Gasteiger partial charge in [0.1, 0.15) is 22.7 Å². The average molecular weight is 424 g/mol. The SMILES string of the molecule is FC(F)(F)C(F)(F)c1cc(C2CCNC2)c2ccc3nc(-c4nnco4)cn3c2n1. The van der Waals surface area contributed by atoms with E-state index in [4.69, 9.17) is 4.42 Å². The summed E-state index contributed by atoms with van der Waals surface area (Å²) in [4.78, 5) is 8.01. The molecule has 156 valence electrons. The van der Waals surface area contributed by atoms with Gasteiger partial charge in [-0.3, -0.25) is 4.40 Å². The normalized spacial score (nSPS) is 18.0. The summed E-state index contributed by atoms with van der Waals surface area (Å²) in [6.07, 6.45) is -2.63. The molecule has 1 atom stereocenters. The number of aromatic nitrogens is 5. The van der Waals surface area contributed by atoms with Crippen molar-refractivity contribution in [2.45, 2.75) is 24.4 Å². The number of hydrogen-bond donors (Lipinski definition) is 1. The van der Waals surface area contributed by atoms with E-state index in [1.165, 1.54) is 10.6 Å². The fraction of sp³-hybridized carbons (Fsp3) is 0.333. The molecule has 7 nitrogen and oxygen atoms in total. The van der Waals surface area contributed by atoms with Gasteiger partial charge < -0.3 is 9.73 Å². The highest BCUT2D eigenvalue weighted by Gasteiger charge is 2.60. The van der Waals surface area contributed by atoms with Crippen LogP contribution in [0.3, 0.4) is 0 Å². The summed E-state index contributed by atoms with van der Waals surface area (Å²) >= 11 is 0. The van der Waals surface area contributed by atoms with Gasteiger partial charge in [-0.15, -0.1) is 10.2 Å². The Morgan fingerprint density at radius 2 is 1.97 bits per heavy atom. The molecule has 0 aromatic carbocycles. The van der Waals surface area contributed by atoms with E-state index in [9.17, 15) is 22.0 Å². The van der Waals surface area contributed by atoms with Crippen molar-refractivity contribution in [3.8, 4) is 11.6 Å². The molecule has 0 bridgehead atoms. The van der Waals surface area contributed by atoms with Gasteiger partial charge in [0.15, 0.2) is 0 Å². The first kappa shape index (κ1) is 18.9. The molecule has 4 aromatic rings. The minimum Gasteiger partial charge on any atom is -0.422 e. The van der Waals surface area contributed by atoms with Crippen LogP contribution in [-0.2, 0) is 5.92 Å². The molecule has 1 saturated heterocycles. The van der Waals surface area contributed by atoms with Gasteiger partial charge in [-0.25, -0.2) is 9.97 Å². The van der Waals surface area contributed by atoms with Crippen LogP contribution in [0.25, 0.3) is 28.3 Å². The van der Waals surface area contributed by atoms with Gasteiger partial charge in [-0.05, 0) is 42.6 Å². The summed E-state index contributed by atoms with van der Waals surface area (Å²) in [5.41, 5.74) is -0.456. The van der Waals surface area contributed by atoms with Gasteiger partial charge in [-0.1, -0.05) is 0 Å². The third kappa shape index (κ3) is 2.82. The van der Waals surface area contributed by atoms with Crippen LogP contribution in [-0.4, -0.2) is 43.8 Å². The van der Waals surface area contributed by atoms with E-state index in [1.54, 1.807) is 12.1 Å². The van der Waals surface area contributed by atoms with Crippen LogP contribution in [0.1, 0.15) is 23.6 Å². The Morgan fingerprint density at radius 3 is 2.63 bits per heavy atom. The van der Waals surface area contributed by atoms with E-state index in [2.05, 4.69) is 25.5 Å². The van der Waals surface area contributed by atoms with Gasteiger partial charge in [0.25, 0.3) is 5.89 Å². The summed E-state index contributed by atoms with van der Waals surface area (Å²) in [6.45, 7) is 1.12. The van der Waals surface area contributed by atoms with Gasteiger partial charge >= 0.3 is 12.1 Å². The van der Waals surface area contributed by atoms with Crippen LogP contribution in [0.15, 0.2) is 35.2 Å². The molecule has 0 spiro atoms. The predicted molar refractivity (Wildman–Crippen MR) is 94.0 cm³/mol. The molecular formula is C18H13F5N6O. The number of pyridine rings is 2. The molecular weight excluding hydrogens is 411 g/mol. The summed E-state index contributed by atoms with van der Waals surface area (Å²) in [5.74, 6) is -5.22. The van der Waals surface area contributed by atoms with Gasteiger partial charge in [0.2, 0.25) is 6.39 Å². The topological polar surface area (TPSA) is 81.1 Å². The van der Waals surface area contributed by atoms with E-state index >= 15 is 0 Å². The molecule has 1 aliphatic heterocycles. The lowest BCUT2D eigenvalue weighted by molar-refractivity contribution is -0.290. The summed E-state index contributed by atoms with van der Waals surface area (Å²) in [5, 5.41) is 10.9. The van der Waals surface area contributed by atoms with Crippen molar-refractivity contribution in [3.05, 3.63) is 42.0 Å². The highest BCUT2D eigenvalue weighted by atomic mass is 19.4. The first-order chi connectivity index (χ1) is 14.3. The number of nitrogens with one attached hydrogen (secondary N) is 1. The van der Waals surface area contributed by atoms with E-state index in [-0.39, 0.29) is 23.1 Å². The van der Waals surface area contributed by atoms with Crippen LogP contribution >= 0.6 is 0 Å². The minimum absolute atomic E-state index is 0.0471. The zero-order valence-electron chi connectivity index (χ0n) is 15.1. The number of fused-ring (bicyclic) bond motifs is 3. The van der Waals surface area contributed by atoms with Crippen LogP contribution in [0, 0.1) is 0 Å². The number of imidazole rings is 1. The largest absolute Gasteiger partial charge is 0.459 e. The summed E-state index contributed by atoms with van der Waals surface area (Å²) in [6, 6.07) is 4.14. The van der Waals surface area contributed by atoms with Crippen LogP contribution in [0.5, 0.6) is 0 Å². The van der Waals surface area contributed by atoms with Gasteiger partial charge in [0, 0.05) is 18.1 Å². The molecule has 5 rings (SSSR count). The fourth-order valence-electron chi connectivity index (χ4n) is 3.71. The lowest BCUT2D eigenvalue weighted by Gasteiger charge is -2.22. The lowest BCUT2D eigenvalue weighted by Crippen LogP contribution is -2.34. The van der Waals surface area contributed by atoms with Crippen LogP contribution in [0.2, 0.25) is 0 Å². The number of nitrogens with zero attached hydrogens (tertiary/aromatic N) is 5. The quantitative estimate of drug-likeness (QED) is 0.506. The second-order valence-electron chi connectivity index (χ2n) is 7.03. The zero-order chi connectivity index (χ0) is 21.1. The molecule has 30 heavy (non-hydrogen) atoms. The maximum atomic E-state index is 14.2.